The van der Waals surface area contributed by atoms with Gasteiger partial charge in [0.15, 0.2) is 5.69 Å². The molecule has 0 aliphatic heterocycles. The number of nitrogens with zero attached hydrogens (tertiary/aromatic N) is 2. The Kier molecular flexibility index (Phi) is 2.61. The first-order valence-corrected chi connectivity index (χ1v) is 6.15. The van der Waals surface area contributed by atoms with Gasteiger partial charge in [-0.05, 0) is 35.3 Å². The summed E-state index contributed by atoms with van der Waals surface area (Å²) in [5.74, 6) is 0. The third kappa shape index (κ3) is 2.06. The van der Waals surface area contributed by atoms with Crippen LogP contribution in [0.2, 0.25) is 0 Å². The van der Waals surface area contributed by atoms with E-state index in [9.17, 15) is 0 Å². The molecule has 0 aliphatic rings. The van der Waals surface area contributed by atoms with Gasteiger partial charge in [0.2, 0.25) is 0 Å². The van der Waals surface area contributed by atoms with Crippen LogP contribution in [-0.4, -0.2) is 4.98 Å². The van der Waals surface area contributed by atoms with E-state index in [0.717, 1.165) is 21.4 Å². The van der Waals surface area contributed by atoms with E-state index in [-0.39, 0.29) is 0 Å². The molecule has 82 valence electrons. The maximum absolute atomic E-state index is 4.62. The van der Waals surface area contributed by atoms with Gasteiger partial charge in [0.05, 0.1) is 6.20 Å². The zero-order chi connectivity index (χ0) is 11.7. The highest BCUT2D eigenvalue weighted by atomic mass is 79.9. The summed E-state index contributed by atoms with van der Waals surface area (Å²) >= 11 is 3.43. The summed E-state index contributed by atoms with van der Waals surface area (Å²) in [5, 5.41) is 0. The van der Waals surface area contributed by atoms with E-state index in [4.69, 9.17) is 0 Å². The molecule has 2 heterocycles. The van der Waals surface area contributed by atoms with Gasteiger partial charge in [0.1, 0.15) is 6.20 Å². The number of pyridine rings is 1. The molecule has 0 saturated carbocycles. The van der Waals surface area contributed by atoms with E-state index >= 15 is 0 Å². The van der Waals surface area contributed by atoms with E-state index in [1.165, 1.54) is 0 Å². The fraction of sp³-hybridized carbons (Fsp3) is 0. The number of halogens is 1. The van der Waals surface area contributed by atoms with Gasteiger partial charge in [0, 0.05) is 22.2 Å². The third-order valence-corrected chi connectivity index (χ3v) is 3.16. The molecule has 0 saturated heterocycles. The molecule has 3 rings (SSSR count). The Balaban J connectivity index is 2.14. The molecule has 17 heavy (non-hydrogen) atoms. The Bertz CT molecular complexity index is 662. The number of hydrogen-bond acceptors (Lipinski definition) is 1. The number of rotatable bonds is 1. The molecule has 0 bridgehead atoms. The molecule has 3 aromatic rings. The molecule has 0 N–H and O–H groups in total. The molecular weight excluding hydrogens is 276 g/mol. The molecule has 0 atom stereocenters. The van der Waals surface area contributed by atoms with Crippen LogP contribution in [0, 0.1) is 0 Å². The molecule has 0 amide bonds. The Morgan fingerprint density at radius 3 is 2.53 bits per heavy atom. The van der Waals surface area contributed by atoms with Crippen molar-refractivity contribution in [3.05, 3.63) is 65.4 Å². The zero-order valence-electron chi connectivity index (χ0n) is 9.05. The summed E-state index contributed by atoms with van der Waals surface area (Å²) in [6.45, 7) is 0. The second-order valence-corrected chi connectivity index (χ2v) is 4.70. The largest absolute Gasteiger partial charge is 0.328 e. The summed E-state index contributed by atoms with van der Waals surface area (Å²) in [6, 6.07) is 16.2. The lowest BCUT2D eigenvalue weighted by atomic mass is 10.1. The minimum atomic E-state index is 0.952. The normalized spacial score (nSPS) is 10.6. The SMILES string of the molecule is Brc1ccc(-c2cc[n+]3ccccc3n2)cc1. The van der Waals surface area contributed by atoms with Crippen molar-refractivity contribution in [3.63, 3.8) is 0 Å². The molecule has 2 nitrogen and oxygen atoms in total. The van der Waals surface area contributed by atoms with Crippen molar-refractivity contribution in [1.29, 1.82) is 0 Å². The van der Waals surface area contributed by atoms with E-state index in [0.29, 0.717) is 0 Å². The minimum absolute atomic E-state index is 0.952. The molecule has 0 radical (unpaired) electrons. The Labute approximate surface area is 108 Å². The van der Waals surface area contributed by atoms with Gasteiger partial charge in [-0.1, -0.05) is 22.0 Å². The Morgan fingerprint density at radius 2 is 1.71 bits per heavy atom. The van der Waals surface area contributed by atoms with Gasteiger partial charge in [-0.25, -0.2) is 4.40 Å². The summed E-state index contributed by atoms with van der Waals surface area (Å²) in [6.07, 6.45) is 4.02. The van der Waals surface area contributed by atoms with Crippen molar-refractivity contribution >= 4 is 21.6 Å². The number of hydrogen-bond donors (Lipinski definition) is 0. The molecule has 1 aromatic carbocycles. The van der Waals surface area contributed by atoms with Crippen molar-refractivity contribution < 1.29 is 4.40 Å². The van der Waals surface area contributed by atoms with E-state index in [1.807, 2.05) is 53.2 Å². The van der Waals surface area contributed by atoms with Crippen LogP contribution in [0.15, 0.2) is 65.4 Å². The maximum Gasteiger partial charge on any atom is 0.328 e. The van der Waals surface area contributed by atoms with Crippen molar-refractivity contribution in [2.24, 2.45) is 0 Å². The van der Waals surface area contributed by atoms with Crippen LogP contribution in [0.1, 0.15) is 0 Å². The highest BCUT2D eigenvalue weighted by Crippen LogP contribution is 2.19. The van der Waals surface area contributed by atoms with Gasteiger partial charge >= 0.3 is 5.65 Å². The van der Waals surface area contributed by atoms with Crippen LogP contribution >= 0.6 is 15.9 Å². The van der Waals surface area contributed by atoms with Crippen molar-refractivity contribution in [1.82, 2.24) is 4.98 Å². The quantitative estimate of drug-likeness (QED) is 0.628. The lowest BCUT2D eigenvalue weighted by Gasteiger charge is -1.97. The fourth-order valence-corrected chi connectivity index (χ4v) is 2.02. The van der Waals surface area contributed by atoms with E-state index in [2.05, 4.69) is 33.0 Å². The van der Waals surface area contributed by atoms with Gasteiger partial charge < -0.3 is 0 Å². The second-order valence-electron chi connectivity index (χ2n) is 3.79. The first kappa shape index (κ1) is 10.4. The number of benzene rings is 1. The molecular formula is C14H10BrN2+. The maximum atomic E-state index is 4.62. The minimum Gasteiger partial charge on any atom is -0.203 e. The average Bonchev–Trinajstić information content (AvgIpc) is 2.39. The summed E-state index contributed by atoms with van der Waals surface area (Å²) in [4.78, 5) is 4.62. The zero-order valence-corrected chi connectivity index (χ0v) is 10.6. The van der Waals surface area contributed by atoms with Crippen molar-refractivity contribution in [3.8, 4) is 11.3 Å². The number of aromatic nitrogens is 2. The highest BCUT2D eigenvalue weighted by Gasteiger charge is 2.08. The highest BCUT2D eigenvalue weighted by molar-refractivity contribution is 9.10. The van der Waals surface area contributed by atoms with Crippen LogP contribution in [0.5, 0.6) is 0 Å². The molecule has 0 fully saturated rings. The number of fused-ring (bicyclic) bond motifs is 1. The van der Waals surface area contributed by atoms with Crippen LogP contribution in [0.4, 0.5) is 0 Å². The van der Waals surface area contributed by atoms with Crippen molar-refractivity contribution in [2.75, 3.05) is 0 Å². The summed E-state index contributed by atoms with van der Waals surface area (Å²) < 4.78 is 3.08. The van der Waals surface area contributed by atoms with E-state index in [1.54, 1.807) is 0 Å². The topological polar surface area (TPSA) is 17.0 Å². The lowest BCUT2D eigenvalue weighted by Crippen LogP contribution is -2.21. The van der Waals surface area contributed by atoms with Crippen LogP contribution < -0.4 is 4.40 Å². The molecule has 3 heteroatoms. The standard InChI is InChI=1S/C14H10BrN2/c15-12-6-4-11(5-7-12)13-8-10-17-9-2-1-3-14(17)16-13/h1-10H/q+1. The molecule has 0 aliphatic carbocycles. The van der Waals surface area contributed by atoms with Crippen LogP contribution in [0.25, 0.3) is 16.9 Å². The molecule has 0 spiro atoms. The van der Waals surface area contributed by atoms with Gasteiger partial charge in [-0.15, -0.1) is 0 Å². The van der Waals surface area contributed by atoms with Gasteiger partial charge in [-0.2, -0.15) is 0 Å². The van der Waals surface area contributed by atoms with Crippen molar-refractivity contribution in [2.45, 2.75) is 0 Å². The van der Waals surface area contributed by atoms with Crippen LogP contribution in [-0.2, 0) is 0 Å². The second kappa shape index (κ2) is 4.26. The Hall–Kier alpha value is -1.74. The molecule has 2 aromatic heterocycles. The first-order valence-electron chi connectivity index (χ1n) is 5.36. The summed E-state index contributed by atoms with van der Waals surface area (Å²) in [7, 11) is 0. The smallest absolute Gasteiger partial charge is 0.203 e. The predicted molar refractivity (Wildman–Crippen MR) is 70.5 cm³/mol. The fourth-order valence-electron chi connectivity index (χ4n) is 1.76. The van der Waals surface area contributed by atoms with Gasteiger partial charge in [-0.3, -0.25) is 0 Å². The lowest BCUT2D eigenvalue weighted by molar-refractivity contribution is -0.514. The molecule has 0 unspecified atom stereocenters. The van der Waals surface area contributed by atoms with Crippen LogP contribution in [0.3, 0.4) is 0 Å². The van der Waals surface area contributed by atoms with Gasteiger partial charge in [0.25, 0.3) is 0 Å². The summed E-state index contributed by atoms with van der Waals surface area (Å²) in [5.41, 5.74) is 3.07. The predicted octanol–water partition coefficient (Wildman–Crippen LogP) is 3.25. The van der Waals surface area contributed by atoms with E-state index < -0.39 is 0 Å². The third-order valence-electron chi connectivity index (χ3n) is 2.64. The monoisotopic (exact) mass is 285 g/mol. The average molecular weight is 286 g/mol. The Morgan fingerprint density at radius 1 is 0.882 bits per heavy atom. The first-order chi connectivity index (χ1) is 8.33.